The summed E-state index contributed by atoms with van der Waals surface area (Å²) in [6, 6.07) is 0. The Morgan fingerprint density at radius 3 is 2.96 bits per heavy atom. The highest BCUT2D eigenvalue weighted by molar-refractivity contribution is 14.0. The first-order valence-corrected chi connectivity index (χ1v) is 9.40. The molecule has 1 fully saturated rings. The van der Waals surface area contributed by atoms with Crippen molar-refractivity contribution in [1.82, 2.24) is 15.2 Å². The summed E-state index contributed by atoms with van der Waals surface area (Å²) in [6.07, 6.45) is 4.17. The molecule has 1 aliphatic rings. The molecule has 0 spiro atoms. The number of hydrogen-bond donors (Lipinski definition) is 1. The van der Waals surface area contributed by atoms with Gasteiger partial charge in [0.25, 0.3) is 0 Å². The molecule has 0 aliphatic carbocycles. The van der Waals surface area contributed by atoms with Crippen molar-refractivity contribution >= 4 is 41.3 Å². The Morgan fingerprint density at radius 2 is 2.33 bits per heavy atom. The molecule has 1 saturated heterocycles. The lowest BCUT2D eigenvalue weighted by atomic mass is 10.1. The third-order valence-corrected chi connectivity index (χ3v) is 4.83. The molecule has 0 aromatic carbocycles. The third-order valence-electron chi connectivity index (χ3n) is 3.82. The smallest absolute Gasteiger partial charge is 0.194 e. The minimum Gasteiger partial charge on any atom is -0.381 e. The minimum atomic E-state index is 0. The highest BCUT2D eigenvalue weighted by Gasteiger charge is 2.19. The van der Waals surface area contributed by atoms with Crippen LogP contribution in [0.2, 0.25) is 0 Å². The van der Waals surface area contributed by atoms with Crippen molar-refractivity contribution < 1.29 is 4.74 Å². The summed E-state index contributed by atoms with van der Waals surface area (Å²) >= 11 is 1.78. The van der Waals surface area contributed by atoms with E-state index in [1.165, 1.54) is 9.88 Å². The highest BCUT2D eigenvalue weighted by Crippen LogP contribution is 2.18. The number of nitrogens with one attached hydrogen (secondary N) is 1. The van der Waals surface area contributed by atoms with Gasteiger partial charge in [-0.2, -0.15) is 0 Å². The number of aromatic nitrogens is 1. The van der Waals surface area contributed by atoms with Crippen LogP contribution in [-0.4, -0.2) is 49.2 Å². The van der Waals surface area contributed by atoms with E-state index in [2.05, 4.69) is 43.0 Å². The van der Waals surface area contributed by atoms with Gasteiger partial charge in [-0.15, -0.1) is 35.3 Å². The Kier molecular flexibility index (Phi) is 10.1. The highest BCUT2D eigenvalue weighted by atomic mass is 127. The van der Waals surface area contributed by atoms with Gasteiger partial charge < -0.3 is 15.0 Å². The van der Waals surface area contributed by atoms with Gasteiger partial charge in [0.1, 0.15) is 0 Å². The summed E-state index contributed by atoms with van der Waals surface area (Å²) < 4.78 is 5.47. The van der Waals surface area contributed by atoms with E-state index in [1.807, 2.05) is 6.20 Å². The van der Waals surface area contributed by atoms with Crippen molar-refractivity contribution in [3.05, 3.63) is 16.1 Å². The molecule has 24 heavy (non-hydrogen) atoms. The molecule has 1 N–H and O–H groups in total. The number of thiazole rings is 1. The summed E-state index contributed by atoms with van der Waals surface area (Å²) in [6.45, 7) is 10.9. The number of aliphatic imine (C=N–C) groups is 1. The van der Waals surface area contributed by atoms with Crippen molar-refractivity contribution in [3.8, 4) is 0 Å². The lowest BCUT2D eigenvalue weighted by Gasteiger charge is -2.24. The van der Waals surface area contributed by atoms with Crippen LogP contribution < -0.4 is 5.32 Å². The second-order valence-electron chi connectivity index (χ2n) is 6.60. The van der Waals surface area contributed by atoms with E-state index in [4.69, 9.17) is 9.73 Å². The van der Waals surface area contributed by atoms with E-state index in [-0.39, 0.29) is 24.0 Å². The maximum Gasteiger partial charge on any atom is 0.194 e. The molecule has 5 nitrogen and oxygen atoms in total. The lowest BCUT2D eigenvalue weighted by molar-refractivity contribution is 0.181. The largest absolute Gasteiger partial charge is 0.381 e. The third kappa shape index (κ3) is 7.23. The van der Waals surface area contributed by atoms with Gasteiger partial charge in [0.05, 0.1) is 18.2 Å². The lowest BCUT2D eigenvalue weighted by Crippen LogP contribution is -2.41. The number of hydrogen-bond acceptors (Lipinski definition) is 4. The fourth-order valence-corrected chi connectivity index (χ4v) is 3.75. The molecule has 138 valence electrons. The molecular weight excluding hydrogens is 435 g/mol. The zero-order chi connectivity index (χ0) is 16.7. The number of guanidine groups is 1. The Morgan fingerprint density at radius 1 is 1.54 bits per heavy atom. The molecule has 0 radical (unpaired) electrons. The molecule has 1 unspecified atom stereocenters. The molecule has 7 heteroatoms. The quantitative estimate of drug-likeness (QED) is 0.380. The number of halogens is 1. The van der Waals surface area contributed by atoms with Crippen LogP contribution in [0, 0.1) is 11.8 Å². The first-order chi connectivity index (χ1) is 11.1. The van der Waals surface area contributed by atoms with Gasteiger partial charge in [-0.1, -0.05) is 13.8 Å². The Bertz CT molecular complexity index is 501. The van der Waals surface area contributed by atoms with E-state index in [9.17, 15) is 0 Å². The van der Waals surface area contributed by atoms with Crippen LogP contribution in [0.3, 0.4) is 0 Å². The SMILES string of the molecule is CCNC(=NCc1cnc(CC(C)C)s1)N(C)CC1CCOC1.I. The second kappa shape index (κ2) is 11.3. The predicted octanol–water partition coefficient (Wildman–Crippen LogP) is 3.39. The first-order valence-electron chi connectivity index (χ1n) is 8.59. The maximum absolute atomic E-state index is 5.47. The van der Waals surface area contributed by atoms with Crippen molar-refractivity contribution in [2.75, 3.05) is 33.4 Å². The van der Waals surface area contributed by atoms with Crippen molar-refractivity contribution in [1.29, 1.82) is 0 Å². The standard InChI is InChI=1S/C17H30N4OS.HI/c1-5-18-17(21(4)11-14-6-7-22-12-14)20-10-15-9-19-16(23-15)8-13(2)3;/h9,13-14H,5-8,10-12H2,1-4H3,(H,18,20);1H. The molecule has 1 aliphatic heterocycles. The van der Waals surface area contributed by atoms with Gasteiger partial charge in [0.15, 0.2) is 5.96 Å². The van der Waals surface area contributed by atoms with Crippen LogP contribution in [0.15, 0.2) is 11.2 Å². The summed E-state index contributed by atoms with van der Waals surface area (Å²) in [5.74, 6) is 2.23. The van der Waals surface area contributed by atoms with Crippen LogP contribution in [0.5, 0.6) is 0 Å². The molecule has 1 aromatic heterocycles. The van der Waals surface area contributed by atoms with Gasteiger partial charge in [0.2, 0.25) is 0 Å². The molecule has 0 saturated carbocycles. The van der Waals surface area contributed by atoms with Crippen LogP contribution in [0.4, 0.5) is 0 Å². The van der Waals surface area contributed by atoms with E-state index in [1.54, 1.807) is 11.3 Å². The van der Waals surface area contributed by atoms with Gasteiger partial charge >= 0.3 is 0 Å². The van der Waals surface area contributed by atoms with Gasteiger partial charge in [0, 0.05) is 50.2 Å². The van der Waals surface area contributed by atoms with Crippen molar-refractivity contribution in [2.24, 2.45) is 16.8 Å². The second-order valence-corrected chi connectivity index (χ2v) is 7.80. The summed E-state index contributed by atoms with van der Waals surface area (Å²) in [5.41, 5.74) is 0. The van der Waals surface area contributed by atoms with Crippen LogP contribution in [-0.2, 0) is 17.7 Å². The van der Waals surface area contributed by atoms with E-state index >= 15 is 0 Å². The molecule has 1 aromatic rings. The molecular formula is C17H31IN4OS. The van der Waals surface area contributed by atoms with E-state index < -0.39 is 0 Å². The van der Waals surface area contributed by atoms with Crippen molar-refractivity contribution in [3.63, 3.8) is 0 Å². The topological polar surface area (TPSA) is 49.8 Å². The fourth-order valence-electron chi connectivity index (χ4n) is 2.69. The zero-order valence-corrected chi connectivity index (χ0v) is 18.4. The summed E-state index contributed by atoms with van der Waals surface area (Å²) in [7, 11) is 2.11. The molecule has 2 rings (SSSR count). The van der Waals surface area contributed by atoms with Gasteiger partial charge in [-0.05, 0) is 19.3 Å². The van der Waals surface area contributed by atoms with E-state index in [0.717, 1.165) is 45.1 Å². The minimum absolute atomic E-state index is 0. The normalized spacial score (nSPS) is 17.9. The Balaban J connectivity index is 0.00000288. The van der Waals surface area contributed by atoms with Crippen LogP contribution in [0.25, 0.3) is 0 Å². The molecule has 0 amide bonds. The Hall–Kier alpha value is -0.410. The van der Waals surface area contributed by atoms with Crippen LogP contribution in [0.1, 0.15) is 37.1 Å². The summed E-state index contributed by atoms with van der Waals surface area (Å²) in [4.78, 5) is 12.7. The number of rotatable bonds is 7. The summed E-state index contributed by atoms with van der Waals surface area (Å²) in [5, 5.41) is 4.60. The maximum atomic E-state index is 5.47. The van der Waals surface area contributed by atoms with Crippen molar-refractivity contribution in [2.45, 2.75) is 40.2 Å². The molecule has 2 heterocycles. The average molecular weight is 466 g/mol. The van der Waals surface area contributed by atoms with E-state index in [0.29, 0.717) is 18.4 Å². The first kappa shape index (κ1) is 21.6. The molecule has 1 atom stereocenters. The number of nitrogens with zero attached hydrogens (tertiary/aromatic N) is 3. The Labute approximate surface area is 167 Å². The fraction of sp³-hybridized carbons (Fsp3) is 0.765. The number of ether oxygens (including phenoxy) is 1. The molecule has 0 bridgehead atoms. The monoisotopic (exact) mass is 466 g/mol. The average Bonchev–Trinajstić information content (AvgIpc) is 3.14. The van der Waals surface area contributed by atoms with Crippen LogP contribution >= 0.6 is 35.3 Å². The van der Waals surface area contributed by atoms with Gasteiger partial charge in [-0.25, -0.2) is 9.98 Å². The predicted molar refractivity (Wildman–Crippen MR) is 112 cm³/mol. The van der Waals surface area contributed by atoms with Gasteiger partial charge in [-0.3, -0.25) is 0 Å². The zero-order valence-electron chi connectivity index (χ0n) is 15.2.